The zero-order valence-corrected chi connectivity index (χ0v) is 11.9. The smallest absolute Gasteiger partial charge is 0.146 e. The Balaban J connectivity index is 1.93. The van der Waals surface area contributed by atoms with Crippen molar-refractivity contribution in [3.05, 3.63) is 29.6 Å². The van der Waals surface area contributed by atoms with Gasteiger partial charge < -0.3 is 20.1 Å². The van der Waals surface area contributed by atoms with Crippen molar-refractivity contribution in [1.82, 2.24) is 5.32 Å². The summed E-state index contributed by atoms with van der Waals surface area (Å²) in [7, 11) is 1.85. The third kappa shape index (κ3) is 3.91. The van der Waals surface area contributed by atoms with Gasteiger partial charge in [0.15, 0.2) is 0 Å². The second-order valence-electron chi connectivity index (χ2n) is 5.10. The van der Waals surface area contributed by atoms with Crippen LogP contribution in [0, 0.1) is 5.82 Å². The number of nitrogens with zero attached hydrogens (tertiary/aromatic N) is 1. The Hall–Kier alpha value is -1.17. The molecule has 2 rings (SSSR count). The number of rotatable bonds is 6. The molecule has 1 aromatic carbocycles. The minimum atomic E-state index is -0.160. The molecule has 0 bridgehead atoms. The Labute approximate surface area is 119 Å². The fraction of sp³-hybridized carbons (Fsp3) is 0.600. The monoisotopic (exact) mass is 282 g/mol. The lowest BCUT2D eigenvalue weighted by molar-refractivity contribution is 0.0158. The second kappa shape index (κ2) is 7.57. The van der Waals surface area contributed by atoms with Crippen molar-refractivity contribution in [3.63, 3.8) is 0 Å². The summed E-state index contributed by atoms with van der Waals surface area (Å²) in [5, 5.41) is 11.8. The average Bonchev–Trinajstić information content (AvgIpc) is 2.46. The molecule has 0 spiro atoms. The molecule has 1 aliphatic rings. The zero-order valence-electron chi connectivity index (χ0n) is 11.9. The number of hydrogen-bond acceptors (Lipinski definition) is 4. The van der Waals surface area contributed by atoms with Gasteiger partial charge in [-0.1, -0.05) is 6.07 Å². The molecule has 0 aliphatic carbocycles. The predicted octanol–water partition coefficient (Wildman–Crippen LogP) is 1.52. The summed E-state index contributed by atoms with van der Waals surface area (Å²) < 4.78 is 19.6. The third-order valence-electron chi connectivity index (χ3n) is 3.62. The van der Waals surface area contributed by atoms with Gasteiger partial charge in [0.2, 0.25) is 0 Å². The molecular formula is C15H23FN2O2. The van der Waals surface area contributed by atoms with E-state index in [0.29, 0.717) is 18.8 Å². The van der Waals surface area contributed by atoms with Gasteiger partial charge in [-0.2, -0.15) is 0 Å². The number of halogens is 1. The van der Waals surface area contributed by atoms with Crippen LogP contribution >= 0.6 is 0 Å². The van der Waals surface area contributed by atoms with E-state index in [0.717, 1.165) is 31.5 Å². The molecule has 1 aliphatic heterocycles. The van der Waals surface area contributed by atoms with Crippen molar-refractivity contribution in [2.24, 2.45) is 0 Å². The van der Waals surface area contributed by atoms with Crippen LogP contribution in [0.15, 0.2) is 18.2 Å². The van der Waals surface area contributed by atoms with Crippen molar-refractivity contribution >= 4 is 5.69 Å². The minimum absolute atomic E-state index is 0.0573. The molecule has 0 unspecified atom stereocenters. The minimum Gasteiger partial charge on any atom is -0.394 e. The number of aliphatic hydroxyl groups is 1. The van der Waals surface area contributed by atoms with E-state index in [1.165, 1.54) is 0 Å². The maximum absolute atomic E-state index is 14.1. The number of anilines is 1. The molecular weight excluding hydrogens is 259 g/mol. The molecule has 112 valence electrons. The first-order valence-electron chi connectivity index (χ1n) is 7.15. The number of hydrogen-bond donors (Lipinski definition) is 2. The van der Waals surface area contributed by atoms with Crippen LogP contribution in [0.25, 0.3) is 0 Å². The molecule has 4 nitrogen and oxygen atoms in total. The predicted molar refractivity (Wildman–Crippen MR) is 77.4 cm³/mol. The quantitative estimate of drug-likeness (QED) is 0.830. The number of piperidine rings is 1. The average molecular weight is 282 g/mol. The van der Waals surface area contributed by atoms with E-state index in [1.807, 2.05) is 19.2 Å². The first kappa shape index (κ1) is 15.2. The van der Waals surface area contributed by atoms with Crippen molar-refractivity contribution in [2.75, 3.05) is 38.3 Å². The van der Waals surface area contributed by atoms with Crippen LogP contribution in [0.3, 0.4) is 0 Å². The molecule has 0 saturated carbocycles. The fourth-order valence-corrected chi connectivity index (χ4v) is 2.60. The molecule has 1 fully saturated rings. The van der Waals surface area contributed by atoms with Gasteiger partial charge in [0, 0.05) is 19.6 Å². The first-order valence-corrected chi connectivity index (χ1v) is 7.15. The SMILES string of the molecule is CNCc1ccc(N2CCC(OCCO)CC2)c(F)c1. The Bertz CT molecular complexity index is 420. The lowest BCUT2D eigenvalue weighted by Gasteiger charge is -2.33. The summed E-state index contributed by atoms with van der Waals surface area (Å²) in [5.41, 5.74) is 1.63. The van der Waals surface area contributed by atoms with Gasteiger partial charge in [0.25, 0.3) is 0 Å². The van der Waals surface area contributed by atoms with Crippen LogP contribution in [-0.2, 0) is 11.3 Å². The molecule has 1 heterocycles. The summed E-state index contributed by atoms with van der Waals surface area (Å²) in [4.78, 5) is 2.07. The van der Waals surface area contributed by atoms with Crippen molar-refractivity contribution in [2.45, 2.75) is 25.5 Å². The molecule has 0 atom stereocenters. The standard InChI is InChI=1S/C15H23FN2O2/c1-17-11-12-2-3-15(14(16)10-12)18-6-4-13(5-7-18)20-9-8-19/h2-3,10,13,17,19H,4-9,11H2,1H3. The normalized spacial score (nSPS) is 16.6. The Morgan fingerprint density at radius 3 is 2.75 bits per heavy atom. The van der Waals surface area contributed by atoms with E-state index in [1.54, 1.807) is 6.07 Å². The zero-order chi connectivity index (χ0) is 14.4. The van der Waals surface area contributed by atoms with Gasteiger partial charge in [0.1, 0.15) is 5.82 Å². The highest BCUT2D eigenvalue weighted by molar-refractivity contribution is 5.49. The summed E-state index contributed by atoms with van der Waals surface area (Å²) in [5.74, 6) is -0.160. The van der Waals surface area contributed by atoms with Crippen LogP contribution < -0.4 is 10.2 Å². The topological polar surface area (TPSA) is 44.7 Å². The third-order valence-corrected chi connectivity index (χ3v) is 3.62. The van der Waals surface area contributed by atoms with E-state index in [2.05, 4.69) is 10.2 Å². The maximum atomic E-state index is 14.1. The van der Waals surface area contributed by atoms with E-state index in [4.69, 9.17) is 9.84 Å². The van der Waals surface area contributed by atoms with Gasteiger partial charge >= 0.3 is 0 Å². The van der Waals surface area contributed by atoms with Crippen molar-refractivity contribution < 1.29 is 14.2 Å². The van der Waals surface area contributed by atoms with Crippen molar-refractivity contribution in [1.29, 1.82) is 0 Å². The molecule has 20 heavy (non-hydrogen) atoms. The molecule has 0 radical (unpaired) electrons. The highest BCUT2D eigenvalue weighted by Crippen LogP contribution is 2.25. The van der Waals surface area contributed by atoms with Crippen LogP contribution in [0.5, 0.6) is 0 Å². The Kier molecular flexibility index (Phi) is 5.76. The van der Waals surface area contributed by atoms with Crippen LogP contribution in [0.2, 0.25) is 0 Å². The Morgan fingerprint density at radius 2 is 2.15 bits per heavy atom. The van der Waals surface area contributed by atoms with Crippen LogP contribution in [0.1, 0.15) is 18.4 Å². The summed E-state index contributed by atoms with van der Waals surface area (Å²) in [6.45, 7) is 2.70. The highest BCUT2D eigenvalue weighted by Gasteiger charge is 2.21. The first-order chi connectivity index (χ1) is 9.74. The molecule has 0 amide bonds. The molecule has 1 aromatic rings. The Morgan fingerprint density at radius 1 is 1.40 bits per heavy atom. The summed E-state index contributed by atoms with van der Waals surface area (Å²) in [6, 6.07) is 5.42. The maximum Gasteiger partial charge on any atom is 0.146 e. The lowest BCUT2D eigenvalue weighted by atomic mass is 10.1. The van der Waals surface area contributed by atoms with Gasteiger partial charge in [-0.15, -0.1) is 0 Å². The molecule has 2 N–H and O–H groups in total. The number of aliphatic hydroxyl groups excluding tert-OH is 1. The van der Waals surface area contributed by atoms with Crippen molar-refractivity contribution in [3.8, 4) is 0 Å². The summed E-state index contributed by atoms with van der Waals surface area (Å²) in [6.07, 6.45) is 1.93. The van der Waals surface area contributed by atoms with Crippen LogP contribution in [0.4, 0.5) is 10.1 Å². The molecule has 0 aromatic heterocycles. The van der Waals surface area contributed by atoms with E-state index in [9.17, 15) is 4.39 Å². The highest BCUT2D eigenvalue weighted by atomic mass is 19.1. The van der Waals surface area contributed by atoms with Gasteiger partial charge in [-0.25, -0.2) is 4.39 Å². The number of ether oxygens (including phenoxy) is 1. The van der Waals surface area contributed by atoms with Gasteiger partial charge in [0.05, 0.1) is 25.0 Å². The van der Waals surface area contributed by atoms with Gasteiger partial charge in [-0.3, -0.25) is 0 Å². The fourth-order valence-electron chi connectivity index (χ4n) is 2.60. The molecule has 1 saturated heterocycles. The lowest BCUT2D eigenvalue weighted by Crippen LogP contribution is -2.37. The number of nitrogens with one attached hydrogen (secondary N) is 1. The second-order valence-corrected chi connectivity index (χ2v) is 5.10. The van der Waals surface area contributed by atoms with Crippen LogP contribution in [-0.4, -0.2) is 44.6 Å². The largest absolute Gasteiger partial charge is 0.394 e. The van der Waals surface area contributed by atoms with E-state index < -0.39 is 0 Å². The summed E-state index contributed by atoms with van der Waals surface area (Å²) >= 11 is 0. The molecule has 5 heteroatoms. The van der Waals surface area contributed by atoms with Gasteiger partial charge in [-0.05, 0) is 37.6 Å². The van der Waals surface area contributed by atoms with E-state index in [-0.39, 0.29) is 18.5 Å². The number of benzene rings is 1. The van der Waals surface area contributed by atoms with E-state index >= 15 is 0 Å².